The van der Waals surface area contributed by atoms with Crippen LogP contribution in [0.15, 0.2) is 17.5 Å². The Morgan fingerprint density at radius 3 is 2.87 bits per heavy atom. The van der Waals surface area contributed by atoms with Gasteiger partial charge in [0.2, 0.25) is 0 Å². The van der Waals surface area contributed by atoms with Crippen LogP contribution in [0.2, 0.25) is 0 Å². The molecule has 0 bridgehead atoms. The fraction of sp³-hybridized carbons (Fsp3) is 0.400. The molecule has 1 aliphatic rings. The van der Waals surface area contributed by atoms with Gasteiger partial charge in [0.25, 0.3) is 5.91 Å². The summed E-state index contributed by atoms with van der Waals surface area (Å²) in [4.78, 5) is 25.4. The van der Waals surface area contributed by atoms with E-state index in [9.17, 15) is 9.59 Å². The number of nitrogens with zero attached hydrogens (tertiary/aromatic N) is 1. The summed E-state index contributed by atoms with van der Waals surface area (Å²) in [7, 11) is 0. The molecule has 1 unspecified atom stereocenters. The molecule has 1 aromatic rings. The highest BCUT2D eigenvalue weighted by Gasteiger charge is 2.35. The van der Waals surface area contributed by atoms with E-state index in [-0.39, 0.29) is 24.5 Å². The molecule has 0 spiro atoms. The van der Waals surface area contributed by atoms with E-state index in [4.69, 9.17) is 0 Å². The van der Waals surface area contributed by atoms with Crippen LogP contribution in [0.4, 0.5) is 4.79 Å². The smallest absolute Gasteiger partial charge is 0.325 e. The monoisotopic (exact) mass is 224 g/mol. The van der Waals surface area contributed by atoms with Crippen LogP contribution < -0.4 is 5.32 Å². The zero-order chi connectivity index (χ0) is 10.8. The van der Waals surface area contributed by atoms with Crippen LogP contribution in [0.25, 0.3) is 0 Å². The van der Waals surface area contributed by atoms with Crippen molar-refractivity contribution in [3.63, 3.8) is 0 Å². The van der Waals surface area contributed by atoms with Crippen molar-refractivity contribution in [1.82, 2.24) is 10.2 Å². The summed E-state index contributed by atoms with van der Waals surface area (Å²) in [5.74, 6) is -0.139. The summed E-state index contributed by atoms with van der Waals surface area (Å²) in [6, 6.07) is 3.50. The molecule has 1 saturated heterocycles. The number of rotatable bonds is 3. The predicted octanol–water partition coefficient (Wildman–Crippen LogP) is 1.75. The first-order chi connectivity index (χ1) is 7.24. The van der Waals surface area contributed by atoms with Gasteiger partial charge in [-0.2, -0.15) is 0 Å². The minimum absolute atomic E-state index is 0.111. The number of thiophene rings is 1. The predicted molar refractivity (Wildman–Crippen MR) is 57.6 cm³/mol. The molecule has 0 aliphatic carbocycles. The summed E-state index contributed by atoms with van der Waals surface area (Å²) >= 11 is 1.57. The fourth-order valence-corrected chi connectivity index (χ4v) is 2.64. The molecular weight excluding hydrogens is 212 g/mol. The zero-order valence-corrected chi connectivity index (χ0v) is 9.21. The van der Waals surface area contributed by atoms with Crippen LogP contribution in [0.3, 0.4) is 0 Å². The van der Waals surface area contributed by atoms with E-state index in [2.05, 4.69) is 5.32 Å². The van der Waals surface area contributed by atoms with Gasteiger partial charge in [-0.15, -0.1) is 11.3 Å². The van der Waals surface area contributed by atoms with Gasteiger partial charge in [-0.3, -0.25) is 9.69 Å². The Bertz CT molecular complexity index is 359. The topological polar surface area (TPSA) is 49.4 Å². The van der Waals surface area contributed by atoms with Gasteiger partial charge in [0.1, 0.15) is 0 Å². The maximum absolute atomic E-state index is 11.5. The van der Waals surface area contributed by atoms with E-state index in [1.54, 1.807) is 11.3 Å². The molecule has 3 amide bonds. The first-order valence-electron chi connectivity index (χ1n) is 4.87. The maximum atomic E-state index is 11.5. The van der Waals surface area contributed by atoms with Crippen LogP contribution >= 0.6 is 11.3 Å². The second-order valence-electron chi connectivity index (χ2n) is 3.36. The number of amides is 3. The SMILES string of the molecule is CCC(c1cccs1)N1C(=O)CNC1=O. The third-order valence-corrected chi connectivity index (χ3v) is 3.42. The molecule has 15 heavy (non-hydrogen) atoms. The lowest BCUT2D eigenvalue weighted by Gasteiger charge is -2.22. The lowest BCUT2D eigenvalue weighted by molar-refractivity contribution is -0.126. The van der Waals surface area contributed by atoms with Crippen molar-refractivity contribution in [2.24, 2.45) is 0 Å². The summed E-state index contributed by atoms with van der Waals surface area (Å²) in [5, 5.41) is 4.49. The van der Waals surface area contributed by atoms with E-state index in [1.165, 1.54) is 4.90 Å². The highest BCUT2D eigenvalue weighted by molar-refractivity contribution is 7.10. The zero-order valence-electron chi connectivity index (χ0n) is 8.40. The molecule has 1 fully saturated rings. The van der Waals surface area contributed by atoms with Crippen molar-refractivity contribution in [2.45, 2.75) is 19.4 Å². The molecule has 2 heterocycles. The Balaban J connectivity index is 2.27. The van der Waals surface area contributed by atoms with E-state index < -0.39 is 0 Å². The van der Waals surface area contributed by atoms with Crippen molar-refractivity contribution in [3.05, 3.63) is 22.4 Å². The van der Waals surface area contributed by atoms with Crippen molar-refractivity contribution < 1.29 is 9.59 Å². The summed E-state index contributed by atoms with van der Waals surface area (Å²) < 4.78 is 0. The van der Waals surface area contributed by atoms with Gasteiger partial charge in [0.05, 0.1) is 12.6 Å². The molecule has 4 nitrogen and oxygen atoms in total. The summed E-state index contributed by atoms with van der Waals surface area (Å²) in [5.41, 5.74) is 0. The average Bonchev–Trinajstić information content (AvgIpc) is 2.83. The molecule has 1 N–H and O–H groups in total. The number of carbonyl (C=O) groups excluding carboxylic acids is 2. The van der Waals surface area contributed by atoms with Crippen LogP contribution in [-0.2, 0) is 4.79 Å². The van der Waals surface area contributed by atoms with Gasteiger partial charge in [-0.25, -0.2) is 4.79 Å². The van der Waals surface area contributed by atoms with Crippen molar-refractivity contribution in [1.29, 1.82) is 0 Å². The first kappa shape index (κ1) is 10.2. The number of urea groups is 1. The highest BCUT2D eigenvalue weighted by Crippen LogP contribution is 2.29. The van der Waals surface area contributed by atoms with Gasteiger partial charge < -0.3 is 5.32 Å². The van der Waals surface area contributed by atoms with E-state index >= 15 is 0 Å². The minimum atomic E-state index is -0.278. The normalized spacial score (nSPS) is 18.1. The lowest BCUT2D eigenvalue weighted by atomic mass is 10.1. The van der Waals surface area contributed by atoms with Crippen molar-refractivity contribution >= 4 is 23.3 Å². The molecule has 0 saturated carbocycles. The molecular formula is C10H12N2O2S. The molecule has 80 valence electrons. The number of nitrogens with one attached hydrogen (secondary N) is 1. The molecule has 5 heteroatoms. The van der Waals surface area contributed by atoms with Crippen LogP contribution in [-0.4, -0.2) is 23.4 Å². The summed E-state index contributed by atoms with van der Waals surface area (Å²) in [6.07, 6.45) is 0.750. The fourth-order valence-electron chi connectivity index (χ4n) is 1.74. The van der Waals surface area contributed by atoms with Crippen LogP contribution in [0.1, 0.15) is 24.3 Å². The molecule has 1 atom stereocenters. The van der Waals surface area contributed by atoms with Crippen molar-refractivity contribution in [2.75, 3.05) is 6.54 Å². The number of carbonyl (C=O) groups is 2. The van der Waals surface area contributed by atoms with E-state index in [0.29, 0.717) is 0 Å². The van der Waals surface area contributed by atoms with Crippen LogP contribution in [0, 0.1) is 0 Å². The Labute approximate surface area is 91.9 Å². The second kappa shape index (κ2) is 4.02. The molecule has 0 aromatic carbocycles. The van der Waals surface area contributed by atoms with Gasteiger partial charge in [-0.1, -0.05) is 13.0 Å². The van der Waals surface area contributed by atoms with Crippen molar-refractivity contribution in [3.8, 4) is 0 Å². The van der Waals surface area contributed by atoms with Gasteiger partial charge in [0, 0.05) is 4.88 Å². The Morgan fingerprint density at radius 2 is 2.40 bits per heavy atom. The third-order valence-electron chi connectivity index (χ3n) is 2.45. The van der Waals surface area contributed by atoms with Gasteiger partial charge in [-0.05, 0) is 17.9 Å². The molecule has 0 radical (unpaired) electrons. The number of hydrogen-bond acceptors (Lipinski definition) is 3. The summed E-state index contributed by atoms with van der Waals surface area (Å²) in [6.45, 7) is 2.10. The largest absolute Gasteiger partial charge is 0.329 e. The number of hydrogen-bond donors (Lipinski definition) is 1. The third kappa shape index (κ3) is 1.74. The van der Waals surface area contributed by atoms with E-state index in [1.807, 2.05) is 24.4 Å². The Morgan fingerprint density at radius 1 is 1.60 bits per heavy atom. The van der Waals surface area contributed by atoms with Crippen LogP contribution in [0.5, 0.6) is 0 Å². The Kier molecular flexibility index (Phi) is 2.73. The average molecular weight is 224 g/mol. The molecule has 1 aromatic heterocycles. The standard InChI is InChI=1S/C10H12N2O2S/c1-2-7(8-4-3-5-15-8)12-9(13)6-11-10(12)14/h3-5,7H,2,6H2,1H3,(H,11,14). The first-order valence-corrected chi connectivity index (χ1v) is 5.75. The van der Waals surface area contributed by atoms with E-state index in [0.717, 1.165) is 11.3 Å². The Hall–Kier alpha value is -1.36. The molecule has 2 rings (SSSR count). The highest BCUT2D eigenvalue weighted by atomic mass is 32.1. The lowest BCUT2D eigenvalue weighted by Crippen LogP contribution is -2.34. The van der Waals surface area contributed by atoms with Gasteiger partial charge in [0.15, 0.2) is 0 Å². The molecule has 1 aliphatic heterocycles. The minimum Gasteiger partial charge on any atom is -0.329 e. The quantitative estimate of drug-likeness (QED) is 0.795. The van der Waals surface area contributed by atoms with Gasteiger partial charge >= 0.3 is 6.03 Å². The number of imide groups is 1. The maximum Gasteiger partial charge on any atom is 0.325 e. The second-order valence-corrected chi connectivity index (χ2v) is 4.34.